The molecule has 0 heterocycles. The van der Waals surface area contributed by atoms with Crippen LogP contribution in [-0.2, 0) is 0 Å². The molecule has 0 amide bonds. The summed E-state index contributed by atoms with van der Waals surface area (Å²) in [5, 5.41) is 10.7. The highest BCUT2D eigenvalue weighted by Crippen LogP contribution is 2.39. The first-order valence-corrected chi connectivity index (χ1v) is 9.94. The second-order valence-electron chi connectivity index (χ2n) is 5.30. The Balaban J connectivity index is 3.36. The van der Waals surface area contributed by atoms with E-state index in [1.807, 2.05) is 20.8 Å². The zero-order chi connectivity index (χ0) is 16.1. The predicted molar refractivity (Wildman–Crippen MR) is 82.7 cm³/mol. The van der Waals surface area contributed by atoms with Crippen LogP contribution in [-0.4, -0.2) is 19.4 Å². The number of benzene rings is 1. The fourth-order valence-electron chi connectivity index (χ4n) is 2.88. The highest BCUT2D eigenvalue weighted by Gasteiger charge is 2.39. The Morgan fingerprint density at radius 2 is 1.57 bits per heavy atom. The zero-order valence-corrected chi connectivity index (χ0v) is 13.7. The molecule has 1 atom stereocenters. The van der Waals surface area contributed by atoms with Crippen LogP contribution in [0.2, 0.25) is 18.1 Å². The Hall–Kier alpha value is -1.07. The minimum Gasteiger partial charge on any atom is -0.384 e. The van der Waals surface area contributed by atoms with Crippen molar-refractivity contribution in [3.63, 3.8) is 0 Å². The van der Waals surface area contributed by atoms with Gasteiger partial charge in [0, 0.05) is 6.08 Å². The molecule has 1 aromatic carbocycles. The lowest BCUT2D eigenvalue weighted by molar-refractivity contribution is -0.0810. The van der Waals surface area contributed by atoms with Crippen molar-refractivity contribution >= 4 is 8.07 Å². The van der Waals surface area contributed by atoms with E-state index in [1.54, 1.807) is 30.3 Å². The molecule has 0 aromatic heterocycles. The molecule has 0 saturated heterocycles. The Kier molecular flexibility index (Phi) is 6.22. The van der Waals surface area contributed by atoms with Crippen molar-refractivity contribution < 1.29 is 18.3 Å². The monoisotopic (exact) mass is 316 g/mol. The molecular weight excluding hydrogens is 293 g/mol. The van der Waals surface area contributed by atoms with Gasteiger partial charge < -0.3 is 5.11 Å². The smallest absolute Gasteiger partial charge is 0.384 e. The Labute approximate surface area is 125 Å². The van der Waals surface area contributed by atoms with Gasteiger partial charge in [0.2, 0.25) is 0 Å². The molecule has 1 unspecified atom stereocenters. The van der Waals surface area contributed by atoms with Gasteiger partial charge in [0.25, 0.3) is 0 Å². The number of rotatable bonds is 6. The largest absolute Gasteiger partial charge is 0.409 e. The molecule has 0 fully saturated rings. The van der Waals surface area contributed by atoms with Crippen LogP contribution in [0, 0.1) is 0 Å². The summed E-state index contributed by atoms with van der Waals surface area (Å²) in [6, 6.07) is 10.7. The molecule has 21 heavy (non-hydrogen) atoms. The van der Waals surface area contributed by atoms with Gasteiger partial charge in [-0.25, -0.2) is 0 Å². The summed E-state index contributed by atoms with van der Waals surface area (Å²) in [5.41, 5.74) is 0.528. The molecule has 0 radical (unpaired) electrons. The Morgan fingerprint density at radius 3 is 1.95 bits per heavy atom. The van der Waals surface area contributed by atoms with E-state index < -0.39 is 20.4 Å². The maximum absolute atomic E-state index is 13.0. The number of alkyl halides is 3. The molecule has 0 aliphatic carbocycles. The second-order valence-corrected chi connectivity index (χ2v) is 10.6. The van der Waals surface area contributed by atoms with E-state index in [2.05, 4.69) is 0 Å². The topological polar surface area (TPSA) is 20.2 Å². The van der Waals surface area contributed by atoms with E-state index in [4.69, 9.17) is 0 Å². The second kappa shape index (κ2) is 7.27. The fraction of sp³-hybridized carbons (Fsp3) is 0.500. The minimum absolute atomic E-state index is 0.203. The normalized spacial score (nSPS) is 15.1. The maximum Gasteiger partial charge on any atom is 0.409 e. The lowest BCUT2D eigenvalue weighted by Gasteiger charge is -2.34. The van der Waals surface area contributed by atoms with Crippen molar-refractivity contribution in [1.82, 2.24) is 0 Å². The fourth-order valence-corrected chi connectivity index (χ4v) is 6.82. The van der Waals surface area contributed by atoms with Gasteiger partial charge in [-0.05, 0) is 10.8 Å². The first kappa shape index (κ1) is 18.0. The minimum atomic E-state index is -4.40. The van der Waals surface area contributed by atoms with Crippen LogP contribution >= 0.6 is 0 Å². The number of hydrogen-bond acceptors (Lipinski definition) is 1. The number of aliphatic hydroxyl groups excluding tert-OH is 1. The number of aliphatic hydroxyl groups is 1. The van der Waals surface area contributed by atoms with Crippen molar-refractivity contribution in [1.29, 1.82) is 0 Å². The van der Waals surface area contributed by atoms with Crippen LogP contribution in [0.15, 0.2) is 41.6 Å². The molecular formula is C16H23F3OSi. The molecule has 0 aliphatic heterocycles. The SMILES string of the molecule is CC[Si](CC)(CC)/C(=C/C(F)(F)F)C(O)c1ccccc1. The van der Waals surface area contributed by atoms with Crippen molar-refractivity contribution in [2.24, 2.45) is 0 Å². The van der Waals surface area contributed by atoms with Crippen molar-refractivity contribution in [2.75, 3.05) is 0 Å². The molecule has 0 aliphatic rings. The van der Waals surface area contributed by atoms with Crippen LogP contribution in [0.25, 0.3) is 0 Å². The average molecular weight is 316 g/mol. The van der Waals surface area contributed by atoms with Crippen LogP contribution in [0.4, 0.5) is 13.2 Å². The Bertz CT molecular complexity index is 456. The van der Waals surface area contributed by atoms with Crippen LogP contribution < -0.4 is 0 Å². The first-order valence-electron chi connectivity index (χ1n) is 7.32. The van der Waals surface area contributed by atoms with Gasteiger partial charge in [0.05, 0.1) is 14.2 Å². The molecule has 1 N–H and O–H groups in total. The van der Waals surface area contributed by atoms with E-state index in [1.165, 1.54) is 0 Å². The summed E-state index contributed by atoms with van der Waals surface area (Å²) in [7, 11) is -2.31. The van der Waals surface area contributed by atoms with Crippen LogP contribution in [0.5, 0.6) is 0 Å². The Morgan fingerprint density at radius 1 is 1.10 bits per heavy atom. The molecule has 1 nitrogen and oxygen atoms in total. The van der Waals surface area contributed by atoms with E-state index in [0.717, 1.165) is 0 Å². The average Bonchev–Trinajstić information content (AvgIpc) is 2.47. The van der Waals surface area contributed by atoms with E-state index in [0.29, 0.717) is 29.8 Å². The standard InChI is InChI=1S/C16H23F3OSi/c1-4-21(5-2,6-3)14(12-16(17,18)19)15(20)13-10-8-7-9-11-13/h7-12,15,20H,4-6H2,1-3H3/b14-12+. The summed E-state index contributed by atoms with van der Waals surface area (Å²) >= 11 is 0. The summed E-state index contributed by atoms with van der Waals surface area (Å²) in [5.74, 6) is 0. The zero-order valence-electron chi connectivity index (χ0n) is 12.7. The van der Waals surface area contributed by atoms with Crippen molar-refractivity contribution in [3.8, 4) is 0 Å². The maximum atomic E-state index is 13.0. The van der Waals surface area contributed by atoms with Crippen LogP contribution in [0.1, 0.15) is 32.4 Å². The third-order valence-corrected chi connectivity index (χ3v) is 10.1. The van der Waals surface area contributed by atoms with Gasteiger partial charge >= 0.3 is 6.18 Å². The molecule has 0 bridgehead atoms. The third kappa shape index (κ3) is 4.45. The molecule has 118 valence electrons. The van der Waals surface area contributed by atoms with Gasteiger partial charge in [-0.3, -0.25) is 0 Å². The number of halogens is 3. The summed E-state index contributed by atoms with van der Waals surface area (Å²) in [6.07, 6.45) is -5.21. The lowest BCUT2D eigenvalue weighted by Crippen LogP contribution is -2.38. The van der Waals surface area contributed by atoms with Gasteiger partial charge in [-0.15, -0.1) is 0 Å². The molecule has 1 rings (SSSR count). The van der Waals surface area contributed by atoms with E-state index >= 15 is 0 Å². The number of allylic oxidation sites excluding steroid dienone is 1. The van der Waals surface area contributed by atoms with E-state index in [-0.39, 0.29) is 5.20 Å². The van der Waals surface area contributed by atoms with Gasteiger partial charge in [0.15, 0.2) is 0 Å². The van der Waals surface area contributed by atoms with Gasteiger partial charge in [-0.1, -0.05) is 69.2 Å². The summed E-state index contributed by atoms with van der Waals surface area (Å²) in [4.78, 5) is 0. The highest BCUT2D eigenvalue weighted by atomic mass is 28.3. The third-order valence-electron chi connectivity index (χ3n) is 4.37. The molecule has 0 spiro atoms. The highest BCUT2D eigenvalue weighted by molar-refractivity contribution is 6.86. The van der Waals surface area contributed by atoms with Crippen LogP contribution in [0.3, 0.4) is 0 Å². The first-order chi connectivity index (χ1) is 9.79. The summed E-state index contributed by atoms with van der Waals surface area (Å²) in [6.45, 7) is 5.80. The predicted octanol–water partition coefficient (Wildman–Crippen LogP) is 5.26. The molecule has 5 heteroatoms. The molecule has 1 aromatic rings. The van der Waals surface area contributed by atoms with Crippen molar-refractivity contribution in [3.05, 3.63) is 47.2 Å². The van der Waals surface area contributed by atoms with Gasteiger partial charge in [-0.2, -0.15) is 13.2 Å². The van der Waals surface area contributed by atoms with E-state index in [9.17, 15) is 18.3 Å². The lowest BCUT2D eigenvalue weighted by atomic mass is 10.1. The van der Waals surface area contributed by atoms with Gasteiger partial charge in [0.1, 0.15) is 0 Å². The quantitative estimate of drug-likeness (QED) is 0.710. The molecule has 0 saturated carbocycles. The van der Waals surface area contributed by atoms with Crippen molar-refractivity contribution in [2.45, 2.75) is 51.2 Å². The number of hydrogen-bond donors (Lipinski definition) is 1. The summed E-state index contributed by atoms with van der Waals surface area (Å²) < 4.78 is 38.9.